The van der Waals surface area contributed by atoms with E-state index < -0.39 is 5.97 Å². The monoisotopic (exact) mass is 312 g/mol. The minimum atomic E-state index is -1.14. The van der Waals surface area contributed by atoms with Crippen LogP contribution in [-0.4, -0.2) is 37.2 Å². The van der Waals surface area contributed by atoms with Crippen LogP contribution in [-0.2, 0) is 4.79 Å². The number of benzene rings is 1. The minimum absolute atomic E-state index is 0.0450. The van der Waals surface area contributed by atoms with Gasteiger partial charge in [-0.1, -0.05) is 18.5 Å². The first-order valence-electron chi connectivity index (χ1n) is 6.56. The van der Waals surface area contributed by atoms with Crippen molar-refractivity contribution in [3.8, 4) is 5.75 Å². The van der Waals surface area contributed by atoms with Gasteiger partial charge < -0.3 is 20.5 Å². The topological polar surface area (TPSA) is 87.7 Å². The van der Waals surface area contributed by atoms with Gasteiger partial charge in [-0.2, -0.15) is 0 Å². The molecule has 6 nitrogen and oxygen atoms in total. The largest absolute Gasteiger partial charge is 0.496 e. The van der Waals surface area contributed by atoms with Gasteiger partial charge >= 0.3 is 5.97 Å². The van der Waals surface area contributed by atoms with E-state index in [0.717, 1.165) is 6.54 Å². The Hall–Kier alpha value is -1.79. The molecule has 1 fully saturated rings. The molecule has 1 aromatic carbocycles. The molecule has 0 saturated carbocycles. The number of nitrogens with one attached hydrogen (secondary N) is 2. The molecule has 7 heteroatoms. The van der Waals surface area contributed by atoms with Gasteiger partial charge in [0.1, 0.15) is 11.3 Å². The average molecular weight is 313 g/mol. The van der Waals surface area contributed by atoms with Crippen LogP contribution in [0, 0.1) is 11.8 Å². The third kappa shape index (κ3) is 3.28. The van der Waals surface area contributed by atoms with Crippen molar-refractivity contribution >= 4 is 29.2 Å². The summed E-state index contributed by atoms with van der Waals surface area (Å²) in [6, 6.07) is 2.70. The van der Waals surface area contributed by atoms with Crippen LogP contribution in [0.2, 0.25) is 5.02 Å². The Labute approximate surface area is 127 Å². The highest BCUT2D eigenvalue weighted by Crippen LogP contribution is 2.31. The normalized spacial score (nSPS) is 21.1. The highest BCUT2D eigenvalue weighted by Gasteiger charge is 2.30. The van der Waals surface area contributed by atoms with E-state index in [1.54, 1.807) is 0 Å². The van der Waals surface area contributed by atoms with Crippen molar-refractivity contribution in [2.45, 2.75) is 6.92 Å². The molecule has 0 unspecified atom stereocenters. The van der Waals surface area contributed by atoms with Crippen LogP contribution < -0.4 is 15.4 Å². The Morgan fingerprint density at radius 3 is 2.67 bits per heavy atom. The second-order valence-corrected chi connectivity index (χ2v) is 5.48. The van der Waals surface area contributed by atoms with Crippen LogP contribution in [0.3, 0.4) is 0 Å². The second-order valence-electron chi connectivity index (χ2n) is 5.07. The molecule has 1 aliphatic heterocycles. The fourth-order valence-electron chi connectivity index (χ4n) is 2.37. The standard InChI is InChI=1S/C14H17ClN2O4/c1-7-5-16-6-9(7)13(18)17-11-4-12(21-2)8(14(19)20)3-10(11)15/h3-4,7,9,16H,5-6H2,1-2H3,(H,17,18)(H,19,20)/t7-,9-/m1/s1. The average Bonchev–Trinajstić information content (AvgIpc) is 2.86. The van der Waals surface area contributed by atoms with E-state index >= 15 is 0 Å². The number of carboxylic acids is 1. The zero-order valence-corrected chi connectivity index (χ0v) is 12.5. The number of carbonyl (C=O) groups is 2. The van der Waals surface area contributed by atoms with Gasteiger partial charge in [0.2, 0.25) is 5.91 Å². The number of hydrogen-bond donors (Lipinski definition) is 3. The van der Waals surface area contributed by atoms with Crippen LogP contribution in [0.4, 0.5) is 5.69 Å². The number of carbonyl (C=O) groups excluding carboxylic acids is 1. The molecule has 1 saturated heterocycles. The highest BCUT2D eigenvalue weighted by atomic mass is 35.5. The van der Waals surface area contributed by atoms with E-state index in [1.165, 1.54) is 19.2 Å². The number of hydrogen-bond acceptors (Lipinski definition) is 4. The molecule has 0 aliphatic carbocycles. The van der Waals surface area contributed by atoms with Crippen LogP contribution in [0.15, 0.2) is 12.1 Å². The Kier molecular flexibility index (Phi) is 4.69. The highest BCUT2D eigenvalue weighted by molar-refractivity contribution is 6.34. The Balaban J connectivity index is 2.24. The molecule has 1 aromatic rings. The van der Waals surface area contributed by atoms with Crippen molar-refractivity contribution in [1.29, 1.82) is 0 Å². The van der Waals surface area contributed by atoms with Gasteiger partial charge in [0, 0.05) is 12.6 Å². The van der Waals surface area contributed by atoms with Gasteiger partial charge in [0.05, 0.1) is 23.7 Å². The maximum absolute atomic E-state index is 12.2. The van der Waals surface area contributed by atoms with Crippen molar-refractivity contribution in [1.82, 2.24) is 5.32 Å². The van der Waals surface area contributed by atoms with Gasteiger partial charge in [-0.05, 0) is 18.5 Å². The van der Waals surface area contributed by atoms with E-state index in [4.69, 9.17) is 21.4 Å². The second kappa shape index (κ2) is 6.32. The summed E-state index contributed by atoms with van der Waals surface area (Å²) in [6.45, 7) is 3.42. The van der Waals surface area contributed by atoms with Crippen molar-refractivity contribution in [3.05, 3.63) is 22.7 Å². The molecule has 2 rings (SSSR count). The number of aromatic carboxylic acids is 1. The fourth-order valence-corrected chi connectivity index (χ4v) is 2.58. The lowest BCUT2D eigenvalue weighted by Gasteiger charge is -2.16. The molecule has 114 valence electrons. The lowest BCUT2D eigenvalue weighted by Crippen LogP contribution is -2.28. The molecule has 0 aromatic heterocycles. The van der Waals surface area contributed by atoms with Crippen molar-refractivity contribution in [2.75, 3.05) is 25.5 Å². The first-order chi connectivity index (χ1) is 9.93. The summed E-state index contributed by atoms with van der Waals surface area (Å²) >= 11 is 6.04. The summed E-state index contributed by atoms with van der Waals surface area (Å²) in [5.74, 6) is -1.02. The van der Waals surface area contributed by atoms with Gasteiger partial charge in [0.15, 0.2) is 0 Å². The van der Waals surface area contributed by atoms with Gasteiger partial charge in [-0.25, -0.2) is 4.79 Å². The summed E-state index contributed by atoms with van der Waals surface area (Å²) in [5, 5.41) is 15.1. The predicted octanol–water partition coefficient (Wildman–Crippen LogP) is 1.84. The Bertz CT molecular complexity index is 576. The number of carboxylic acid groups (broad SMARTS) is 1. The third-order valence-electron chi connectivity index (χ3n) is 3.63. The van der Waals surface area contributed by atoms with E-state index in [0.29, 0.717) is 12.2 Å². The quantitative estimate of drug-likeness (QED) is 0.789. The van der Waals surface area contributed by atoms with Crippen molar-refractivity contribution in [3.63, 3.8) is 0 Å². The fraction of sp³-hybridized carbons (Fsp3) is 0.429. The molecule has 0 spiro atoms. The lowest BCUT2D eigenvalue weighted by atomic mass is 9.97. The number of amides is 1. The third-order valence-corrected chi connectivity index (χ3v) is 3.94. The van der Waals surface area contributed by atoms with Crippen LogP contribution >= 0.6 is 11.6 Å². The first kappa shape index (κ1) is 15.6. The van der Waals surface area contributed by atoms with Crippen LogP contribution in [0.1, 0.15) is 17.3 Å². The number of rotatable bonds is 4. The predicted molar refractivity (Wildman–Crippen MR) is 79.1 cm³/mol. The van der Waals surface area contributed by atoms with Gasteiger partial charge in [0.25, 0.3) is 0 Å². The smallest absolute Gasteiger partial charge is 0.339 e. The summed E-state index contributed by atoms with van der Waals surface area (Å²) in [4.78, 5) is 23.3. The molecule has 0 radical (unpaired) electrons. The molecule has 1 heterocycles. The zero-order chi connectivity index (χ0) is 15.6. The summed E-state index contributed by atoms with van der Waals surface area (Å²) in [7, 11) is 1.37. The first-order valence-corrected chi connectivity index (χ1v) is 6.94. The summed E-state index contributed by atoms with van der Waals surface area (Å²) < 4.78 is 5.03. The Morgan fingerprint density at radius 1 is 1.43 bits per heavy atom. The van der Waals surface area contributed by atoms with E-state index in [9.17, 15) is 9.59 Å². The minimum Gasteiger partial charge on any atom is -0.496 e. The number of methoxy groups -OCH3 is 1. The maximum Gasteiger partial charge on any atom is 0.339 e. The number of anilines is 1. The lowest BCUT2D eigenvalue weighted by molar-refractivity contribution is -0.120. The molecular weight excluding hydrogens is 296 g/mol. The van der Waals surface area contributed by atoms with Gasteiger partial charge in [-0.3, -0.25) is 4.79 Å². The molecular formula is C14H17ClN2O4. The SMILES string of the molecule is COc1cc(NC(=O)[C@@H]2CNC[C@H]2C)c(Cl)cc1C(=O)O. The number of ether oxygens (including phenoxy) is 1. The zero-order valence-electron chi connectivity index (χ0n) is 11.8. The molecule has 21 heavy (non-hydrogen) atoms. The molecule has 0 bridgehead atoms. The molecule has 1 amide bonds. The summed E-state index contributed by atoms with van der Waals surface area (Å²) in [5.41, 5.74) is 0.305. The van der Waals surface area contributed by atoms with Crippen LogP contribution in [0.5, 0.6) is 5.75 Å². The van der Waals surface area contributed by atoms with Gasteiger partial charge in [-0.15, -0.1) is 0 Å². The summed E-state index contributed by atoms with van der Waals surface area (Å²) in [6.07, 6.45) is 0. The van der Waals surface area contributed by atoms with Crippen molar-refractivity contribution < 1.29 is 19.4 Å². The van der Waals surface area contributed by atoms with Crippen molar-refractivity contribution in [2.24, 2.45) is 11.8 Å². The van der Waals surface area contributed by atoms with E-state index in [1.807, 2.05) is 6.92 Å². The molecule has 3 N–H and O–H groups in total. The number of halogens is 1. The molecule has 2 atom stereocenters. The van der Waals surface area contributed by atoms with E-state index in [2.05, 4.69) is 10.6 Å². The Morgan fingerprint density at radius 2 is 2.14 bits per heavy atom. The maximum atomic E-state index is 12.2. The van der Waals surface area contributed by atoms with Crippen LogP contribution in [0.25, 0.3) is 0 Å². The van der Waals surface area contributed by atoms with E-state index in [-0.39, 0.29) is 34.1 Å². The molecule has 1 aliphatic rings.